The number of fused-ring (bicyclic) bond motifs is 1. The number of rotatable bonds is 3. The Morgan fingerprint density at radius 3 is 3.06 bits per heavy atom. The molecule has 2 nitrogen and oxygen atoms in total. The van der Waals surface area contributed by atoms with E-state index in [1.165, 1.54) is 28.4 Å². The molecule has 3 rings (SSSR count). The zero-order chi connectivity index (χ0) is 11.0. The summed E-state index contributed by atoms with van der Waals surface area (Å²) in [4.78, 5) is 0. The van der Waals surface area contributed by atoms with Gasteiger partial charge in [-0.15, -0.1) is 0 Å². The third kappa shape index (κ3) is 2.31. The molecular formula is C13H17BrN2. The van der Waals surface area contributed by atoms with Gasteiger partial charge in [0.05, 0.1) is 0 Å². The molecule has 0 saturated heterocycles. The smallest absolute Gasteiger partial charge is 0.0209 e. The molecule has 1 aromatic rings. The van der Waals surface area contributed by atoms with E-state index < -0.39 is 0 Å². The molecule has 1 aliphatic carbocycles. The molecule has 0 spiro atoms. The predicted molar refractivity (Wildman–Crippen MR) is 69.6 cm³/mol. The van der Waals surface area contributed by atoms with E-state index in [1.807, 2.05) is 0 Å². The van der Waals surface area contributed by atoms with Gasteiger partial charge in [-0.3, -0.25) is 0 Å². The number of nitrogens with one attached hydrogen (secondary N) is 2. The number of halogens is 1. The maximum absolute atomic E-state index is 3.63. The fraction of sp³-hybridized carbons (Fsp3) is 0.538. The molecule has 86 valence electrons. The highest BCUT2D eigenvalue weighted by Crippen LogP contribution is 2.27. The topological polar surface area (TPSA) is 24.1 Å². The molecule has 3 heteroatoms. The minimum absolute atomic E-state index is 0.637. The van der Waals surface area contributed by atoms with Crippen LogP contribution in [0.25, 0.3) is 0 Å². The molecule has 1 aromatic carbocycles. The largest absolute Gasteiger partial charge is 0.313 e. The van der Waals surface area contributed by atoms with Crippen molar-refractivity contribution in [3.63, 3.8) is 0 Å². The third-order valence-electron chi connectivity index (χ3n) is 3.48. The summed E-state index contributed by atoms with van der Waals surface area (Å²) in [5.41, 5.74) is 2.97. The van der Waals surface area contributed by atoms with E-state index in [4.69, 9.17) is 0 Å². The van der Waals surface area contributed by atoms with Crippen LogP contribution in [-0.4, -0.2) is 19.1 Å². The van der Waals surface area contributed by atoms with E-state index in [0.717, 1.165) is 25.7 Å². The van der Waals surface area contributed by atoms with Gasteiger partial charge in [0.15, 0.2) is 0 Å². The second-order valence-electron chi connectivity index (χ2n) is 4.85. The van der Waals surface area contributed by atoms with E-state index in [-0.39, 0.29) is 0 Å². The Hall–Kier alpha value is -0.380. The van der Waals surface area contributed by atoms with Gasteiger partial charge < -0.3 is 10.6 Å². The third-order valence-corrected chi connectivity index (χ3v) is 3.97. The van der Waals surface area contributed by atoms with Crippen molar-refractivity contribution in [3.8, 4) is 0 Å². The predicted octanol–water partition coefficient (Wildman–Crippen LogP) is 2.39. The van der Waals surface area contributed by atoms with E-state index in [9.17, 15) is 0 Å². The second-order valence-corrected chi connectivity index (χ2v) is 5.77. The highest BCUT2D eigenvalue weighted by Gasteiger charge is 2.24. The Balaban J connectivity index is 1.76. The first-order valence-electron chi connectivity index (χ1n) is 6.05. The van der Waals surface area contributed by atoms with Crippen LogP contribution in [0.2, 0.25) is 0 Å². The molecule has 1 saturated carbocycles. The van der Waals surface area contributed by atoms with Gasteiger partial charge in [-0.25, -0.2) is 0 Å². The Labute approximate surface area is 105 Å². The molecule has 1 aliphatic heterocycles. The number of hydrogen-bond donors (Lipinski definition) is 2. The van der Waals surface area contributed by atoms with Crippen molar-refractivity contribution in [2.45, 2.75) is 31.3 Å². The minimum atomic E-state index is 0.637. The first kappa shape index (κ1) is 10.8. The zero-order valence-corrected chi connectivity index (χ0v) is 10.9. The van der Waals surface area contributed by atoms with Crippen molar-refractivity contribution in [1.29, 1.82) is 0 Å². The van der Waals surface area contributed by atoms with Crippen molar-refractivity contribution >= 4 is 15.9 Å². The van der Waals surface area contributed by atoms with Crippen molar-refractivity contribution in [2.24, 2.45) is 0 Å². The van der Waals surface area contributed by atoms with Gasteiger partial charge in [-0.2, -0.15) is 0 Å². The zero-order valence-electron chi connectivity index (χ0n) is 9.30. The van der Waals surface area contributed by atoms with Crippen LogP contribution in [-0.2, 0) is 6.54 Å². The summed E-state index contributed by atoms with van der Waals surface area (Å²) >= 11 is 3.54. The van der Waals surface area contributed by atoms with Gasteiger partial charge in [0.1, 0.15) is 0 Å². The van der Waals surface area contributed by atoms with Crippen molar-refractivity contribution < 1.29 is 0 Å². The van der Waals surface area contributed by atoms with Crippen molar-refractivity contribution in [3.05, 3.63) is 33.8 Å². The molecule has 0 amide bonds. The maximum Gasteiger partial charge on any atom is 0.0209 e. The lowest BCUT2D eigenvalue weighted by atomic mass is 9.91. The molecule has 0 bridgehead atoms. The molecule has 2 aliphatic rings. The van der Waals surface area contributed by atoms with Gasteiger partial charge in [-0.05, 0) is 36.1 Å². The average molecular weight is 281 g/mol. The van der Waals surface area contributed by atoms with Crippen LogP contribution in [0, 0.1) is 0 Å². The van der Waals surface area contributed by atoms with E-state index in [1.54, 1.807) is 0 Å². The summed E-state index contributed by atoms with van der Waals surface area (Å²) in [5, 5.41) is 7.13. The lowest BCUT2D eigenvalue weighted by molar-refractivity contribution is 0.502. The molecule has 1 unspecified atom stereocenters. The summed E-state index contributed by atoms with van der Waals surface area (Å²) < 4.78 is 1.18. The Kier molecular flexibility index (Phi) is 3.01. The standard InChI is InChI=1S/C13H17BrN2/c14-11-1-4-13-9(5-11)6-15-7-10(13)8-16-12-2-3-12/h1,4-5,10,12,15-16H,2-3,6-8H2. The van der Waals surface area contributed by atoms with Crippen LogP contribution in [0.5, 0.6) is 0 Å². The SMILES string of the molecule is Brc1ccc2c(c1)CNCC2CNC1CC1. The molecular weight excluding hydrogens is 264 g/mol. The molecule has 16 heavy (non-hydrogen) atoms. The number of hydrogen-bond acceptors (Lipinski definition) is 2. The van der Waals surface area contributed by atoms with Gasteiger partial charge in [0, 0.05) is 36.1 Å². The molecule has 0 aromatic heterocycles. The molecule has 1 fully saturated rings. The Morgan fingerprint density at radius 1 is 1.38 bits per heavy atom. The van der Waals surface area contributed by atoms with Crippen LogP contribution in [0.1, 0.15) is 29.9 Å². The normalized spacial score (nSPS) is 24.2. The Bertz CT molecular complexity index is 388. The number of benzene rings is 1. The highest BCUT2D eigenvalue weighted by atomic mass is 79.9. The van der Waals surface area contributed by atoms with E-state index >= 15 is 0 Å². The van der Waals surface area contributed by atoms with Crippen molar-refractivity contribution in [1.82, 2.24) is 10.6 Å². The molecule has 0 radical (unpaired) electrons. The monoisotopic (exact) mass is 280 g/mol. The maximum atomic E-state index is 3.63. The molecule has 2 N–H and O–H groups in total. The summed E-state index contributed by atoms with van der Waals surface area (Å²) in [6, 6.07) is 7.49. The van der Waals surface area contributed by atoms with Crippen LogP contribution >= 0.6 is 15.9 Å². The van der Waals surface area contributed by atoms with Crippen LogP contribution in [0.15, 0.2) is 22.7 Å². The minimum Gasteiger partial charge on any atom is -0.313 e. The molecule has 1 heterocycles. The van der Waals surface area contributed by atoms with Crippen molar-refractivity contribution in [2.75, 3.05) is 13.1 Å². The van der Waals surface area contributed by atoms with Gasteiger partial charge in [-0.1, -0.05) is 22.0 Å². The lowest BCUT2D eigenvalue weighted by Crippen LogP contribution is -2.35. The van der Waals surface area contributed by atoms with Crippen LogP contribution < -0.4 is 10.6 Å². The van der Waals surface area contributed by atoms with E-state index in [2.05, 4.69) is 44.8 Å². The van der Waals surface area contributed by atoms with Gasteiger partial charge >= 0.3 is 0 Å². The average Bonchev–Trinajstić information content (AvgIpc) is 3.09. The second kappa shape index (κ2) is 4.47. The summed E-state index contributed by atoms with van der Waals surface area (Å²) in [6.07, 6.45) is 2.74. The lowest BCUT2D eigenvalue weighted by Gasteiger charge is -2.27. The first-order valence-corrected chi connectivity index (χ1v) is 6.84. The van der Waals surface area contributed by atoms with E-state index in [0.29, 0.717) is 5.92 Å². The highest BCUT2D eigenvalue weighted by molar-refractivity contribution is 9.10. The first-order chi connectivity index (χ1) is 7.83. The molecule has 1 atom stereocenters. The fourth-order valence-corrected chi connectivity index (χ4v) is 2.80. The van der Waals surface area contributed by atoms with Crippen LogP contribution in [0.3, 0.4) is 0 Å². The summed E-state index contributed by atoms with van der Waals surface area (Å²) in [7, 11) is 0. The fourth-order valence-electron chi connectivity index (χ4n) is 2.40. The van der Waals surface area contributed by atoms with Gasteiger partial charge in [0.2, 0.25) is 0 Å². The quantitative estimate of drug-likeness (QED) is 0.889. The van der Waals surface area contributed by atoms with Crippen LogP contribution in [0.4, 0.5) is 0 Å². The Morgan fingerprint density at radius 2 is 2.25 bits per heavy atom. The summed E-state index contributed by atoms with van der Waals surface area (Å²) in [5.74, 6) is 0.637. The summed E-state index contributed by atoms with van der Waals surface area (Å²) in [6.45, 7) is 3.23. The van der Waals surface area contributed by atoms with Gasteiger partial charge in [0.25, 0.3) is 0 Å².